The fraction of sp³-hybridized carbons (Fsp3) is 0.423. The number of rotatable bonds is 10. The highest BCUT2D eigenvalue weighted by Crippen LogP contribution is 2.29. The summed E-state index contributed by atoms with van der Waals surface area (Å²) in [5.74, 6) is 0.00877. The Kier molecular flexibility index (Phi) is 9.06. The number of carbonyl (C=O) groups excluding carboxylic acids is 1. The number of sulfonamides is 1. The molecule has 1 saturated carbocycles. The predicted molar refractivity (Wildman–Crippen MR) is 127 cm³/mol. The average molecular weight is 456 g/mol. The molecule has 0 aromatic heterocycles. The van der Waals surface area contributed by atoms with Gasteiger partial charge in [0.15, 0.2) is 0 Å². The van der Waals surface area contributed by atoms with Crippen LogP contribution in [0, 0.1) is 12.8 Å². The van der Waals surface area contributed by atoms with E-state index in [-0.39, 0.29) is 12.0 Å². The fourth-order valence-electron chi connectivity index (χ4n) is 4.10. The number of esters is 1. The largest absolute Gasteiger partial charge is 0.462 e. The molecule has 0 aliphatic heterocycles. The Labute approximate surface area is 191 Å². The number of hydrogen-bond donors (Lipinski definition) is 1. The Morgan fingerprint density at radius 3 is 2.41 bits per heavy atom. The summed E-state index contributed by atoms with van der Waals surface area (Å²) in [5.41, 5.74) is 1.57. The van der Waals surface area contributed by atoms with Crippen LogP contribution in [0.25, 0.3) is 0 Å². The van der Waals surface area contributed by atoms with E-state index in [1.165, 1.54) is 6.42 Å². The van der Waals surface area contributed by atoms with Gasteiger partial charge in [-0.1, -0.05) is 67.3 Å². The minimum atomic E-state index is -3.57. The van der Waals surface area contributed by atoms with Crippen molar-refractivity contribution in [3.05, 3.63) is 77.9 Å². The van der Waals surface area contributed by atoms with Gasteiger partial charge in [0, 0.05) is 6.04 Å². The molecule has 1 unspecified atom stereocenters. The van der Waals surface area contributed by atoms with E-state index in [1.54, 1.807) is 36.4 Å². The SMILES string of the molecule is Cc1ccc(S(=O)(=O)NC(C/C=C/CCOC(=O)c2ccccc2)C2CCCCC2)cc1. The summed E-state index contributed by atoms with van der Waals surface area (Å²) in [6.45, 7) is 2.24. The maximum atomic E-state index is 12.9. The van der Waals surface area contributed by atoms with Gasteiger partial charge >= 0.3 is 5.97 Å². The van der Waals surface area contributed by atoms with Crippen molar-refractivity contribution in [2.24, 2.45) is 5.92 Å². The number of carbonyl (C=O) groups is 1. The minimum Gasteiger partial charge on any atom is -0.462 e. The second kappa shape index (κ2) is 12.0. The average Bonchev–Trinajstić information content (AvgIpc) is 2.81. The van der Waals surface area contributed by atoms with Crippen LogP contribution in [-0.2, 0) is 14.8 Å². The Balaban J connectivity index is 1.54. The molecule has 3 rings (SSSR count). The highest BCUT2D eigenvalue weighted by atomic mass is 32.2. The molecule has 1 fully saturated rings. The molecular formula is C26H33NO4S. The second-order valence-corrected chi connectivity index (χ2v) is 10.2. The van der Waals surface area contributed by atoms with Gasteiger partial charge in [0.25, 0.3) is 0 Å². The quantitative estimate of drug-likeness (QED) is 0.295. The van der Waals surface area contributed by atoms with Gasteiger partial charge in [-0.25, -0.2) is 17.9 Å². The van der Waals surface area contributed by atoms with Crippen LogP contribution in [0.15, 0.2) is 71.6 Å². The lowest BCUT2D eigenvalue weighted by atomic mass is 9.83. The lowest BCUT2D eigenvalue weighted by Gasteiger charge is -2.30. The molecule has 1 N–H and O–H groups in total. The van der Waals surface area contributed by atoms with E-state index in [4.69, 9.17) is 4.74 Å². The monoisotopic (exact) mass is 455 g/mol. The first-order chi connectivity index (χ1) is 15.5. The van der Waals surface area contributed by atoms with Crippen LogP contribution in [0.4, 0.5) is 0 Å². The van der Waals surface area contributed by atoms with E-state index in [0.717, 1.165) is 31.2 Å². The van der Waals surface area contributed by atoms with Gasteiger partial charge in [-0.15, -0.1) is 0 Å². The summed E-state index contributed by atoms with van der Waals surface area (Å²) >= 11 is 0. The lowest BCUT2D eigenvalue weighted by Crippen LogP contribution is -2.40. The first-order valence-corrected chi connectivity index (χ1v) is 12.9. The summed E-state index contributed by atoms with van der Waals surface area (Å²) in [4.78, 5) is 12.3. The number of ether oxygens (including phenoxy) is 1. The maximum absolute atomic E-state index is 12.9. The molecule has 0 heterocycles. The second-order valence-electron chi connectivity index (χ2n) is 8.44. The van der Waals surface area contributed by atoms with E-state index in [2.05, 4.69) is 4.72 Å². The summed E-state index contributed by atoms with van der Waals surface area (Å²) in [7, 11) is -3.57. The van der Waals surface area contributed by atoms with Gasteiger partial charge in [0.2, 0.25) is 10.0 Å². The first kappa shape index (κ1) is 24.2. The predicted octanol–water partition coefficient (Wildman–Crippen LogP) is 5.42. The van der Waals surface area contributed by atoms with Crippen molar-refractivity contribution in [3.63, 3.8) is 0 Å². The van der Waals surface area contributed by atoms with Gasteiger partial charge in [0.1, 0.15) is 0 Å². The third-order valence-corrected chi connectivity index (χ3v) is 7.45. The van der Waals surface area contributed by atoms with Crippen LogP contribution in [0.1, 0.15) is 60.9 Å². The molecule has 1 aliphatic carbocycles. The zero-order chi connectivity index (χ0) is 22.8. The van der Waals surface area contributed by atoms with Gasteiger partial charge < -0.3 is 4.74 Å². The molecule has 0 saturated heterocycles. The van der Waals surface area contributed by atoms with Crippen molar-refractivity contribution in [3.8, 4) is 0 Å². The molecule has 0 amide bonds. The van der Waals surface area contributed by atoms with E-state index in [9.17, 15) is 13.2 Å². The Morgan fingerprint density at radius 1 is 1.03 bits per heavy atom. The van der Waals surface area contributed by atoms with Crippen LogP contribution in [0.5, 0.6) is 0 Å². The number of nitrogens with one attached hydrogen (secondary N) is 1. The number of aryl methyl sites for hydroxylation is 1. The van der Waals surface area contributed by atoms with Crippen LogP contribution < -0.4 is 4.72 Å². The van der Waals surface area contributed by atoms with Crippen molar-refractivity contribution in [1.29, 1.82) is 0 Å². The summed E-state index contributed by atoms with van der Waals surface area (Å²) in [6.07, 6.45) is 10.8. The molecule has 2 aromatic rings. The smallest absolute Gasteiger partial charge is 0.338 e. The van der Waals surface area contributed by atoms with Gasteiger partial charge in [-0.2, -0.15) is 0 Å². The maximum Gasteiger partial charge on any atom is 0.338 e. The Hall–Kier alpha value is -2.44. The molecular weight excluding hydrogens is 422 g/mol. The number of hydrogen-bond acceptors (Lipinski definition) is 4. The van der Waals surface area contributed by atoms with E-state index < -0.39 is 10.0 Å². The standard InChI is InChI=1S/C26H33NO4S/c1-21-16-18-24(19-17-21)32(29,30)27-25(22-11-5-2-6-12-22)15-9-4-10-20-31-26(28)23-13-7-3-8-14-23/h3-4,7-9,13-14,16-19,22,25,27H,2,5-6,10-12,15,20H2,1H3/b9-4+. The molecule has 32 heavy (non-hydrogen) atoms. The highest BCUT2D eigenvalue weighted by molar-refractivity contribution is 7.89. The van der Waals surface area contributed by atoms with Crippen LogP contribution in [0.3, 0.4) is 0 Å². The van der Waals surface area contributed by atoms with Gasteiger partial charge in [0.05, 0.1) is 17.1 Å². The van der Waals surface area contributed by atoms with E-state index in [1.807, 2.05) is 37.3 Å². The summed E-state index contributed by atoms with van der Waals surface area (Å²) < 4.78 is 34.2. The Morgan fingerprint density at radius 2 is 1.72 bits per heavy atom. The molecule has 6 heteroatoms. The van der Waals surface area contributed by atoms with E-state index in [0.29, 0.717) is 35.8 Å². The summed E-state index contributed by atoms with van der Waals surface area (Å²) in [5, 5.41) is 0. The Bertz CT molecular complexity index is 978. The zero-order valence-corrected chi connectivity index (χ0v) is 19.5. The van der Waals surface area contributed by atoms with Crippen LogP contribution >= 0.6 is 0 Å². The van der Waals surface area contributed by atoms with Crippen LogP contribution in [-0.4, -0.2) is 27.0 Å². The first-order valence-electron chi connectivity index (χ1n) is 11.4. The molecule has 1 aliphatic rings. The lowest BCUT2D eigenvalue weighted by molar-refractivity contribution is 0.0511. The molecule has 1 atom stereocenters. The highest BCUT2D eigenvalue weighted by Gasteiger charge is 2.27. The topological polar surface area (TPSA) is 72.5 Å². The molecule has 0 spiro atoms. The van der Waals surface area contributed by atoms with Crippen molar-refractivity contribution in [2.45, 2.75) is 62.8 Å². The molecule has 0 radical (unpaired) electrons. The van der Waals surface area contributed by atoms with Crippen molar-refractivity contribution < 1.29 is 17.9 Å². The van der Waals surface area contributed by atoms with Crippen molar-refractivity contribution >= 4 is 16.0 Å². The molecule has 5 nitrogen and oxygen atoms in total. The molecule has 172 valence electrons. The normalized spacial score (nSPS) is 16.2. The third kappa shape index (κ3) is 7.31. The van der Waals surface area contributed by atoms with Crippen molar-refractivity contribution in [2.75, 3.05) is 6.61 Å². The van der Waals surface area contributed by atoms with Crippen molar-refractivity contribution in [1.82, 2.24) is 4.72 Å². The minimum absolute atomic E-state index is 0.135. The zero-order valence-electron chi connectivity index (χ0n) is 18.7. The van der Waals surface area contributed by atoms with Gasteiger partial charge in [-0.05, 0) is 62.8 Å². The summed E-state index contributed by atoms with van der Waals surface area (Å²) in [6, 6.07) is 15.7. The molecule has 2 aromatic carbocycles. The van der Waals surface area contributed by atoms with Gasteiger partial charge in [-0.3, -0.25) is 0 Å². The fourth-order valence-corrected chi connectivity index (χ4v) is 5.41. The van der Waals surface area contributed by atoms with E-state index >= 15 is 0 Å². The number of benzene rings is 2. The third-order valence-electron chi connectivity index (χ3n) is 5.94. The molecule has 0 bridgehead atoms. The van der Waals surface area contributed by atoms with Crippen LogP contribution in [0.2, 0.25) is 0 Å².